The Morgan fingerprint density at radius 3 is 2.65 bits per heavy atom. The van der Waals surface area contributed by atoms with Gasteiger partial charge in [0.25, 0.3) is 5.91 Å². The van der Waals surface area contributed by atoms with Crippen molar-refractivity contribution in [2.45, 2.75) is 51.0 Å². The van der Waals surface area contributed by atoms with Gasteiger partial charge in [0, 0.05) is 25.7 Å². The predicted molar refractivity (Wildman–Crippen MR) is 98.8 cm³/mol. The number of phenolic OH excluding ortho intramolecular Hbond substituents is 1. The third-order valence-electron chi connectivity index (χ3n) is 5.96. The predicted octanol–water partition coefficient (Wildman–Crippen LogP) is 1.91. The van der Waals surface area contributed by atoms with Crippen molar-refractivity contribution in [3.8, 4) is 5.75 Å². The third-order valence-corrected chi connectivity index (χ3v) is 7.96. The number of sulfonamides is 1. The molecule has 1 N–H and O–H groups in total. The molecule has 2 fully saturated rings. The monoisotopic (exact) mass is 378 g/mol. The Balaban J connectivity index is 1.55. The fraction of sp³-hybridized carbons (Fsp3) is 0.632. The van der Waals surface area contributed by atoms with Gasteiger partial charge in [-0.25, -0.2) is 8.42 Å². The zero-order chi connectivity index (χ0) is 18.3. The zero-order valence-electron chi connectivity index (χ0n) is 15.0. The molecule has 1 atom stereocenters. The highest BCUT2D eigenvalue weighted by Gasteiger charge is 2.38. The summed E-state index contributed by atoms with van der Waals surface area (Å²) in [6, 6.07) is 3.56. The number of hydrogen-bond acceptors (Lipinski definition) is 4. The number of likely N-dealkylation sites (tertiary alicyclic amines) is 1. The number of fused-ring (bicyclic) bond motifs is 1. The van der Waals surface area contributed by atoms with Crippen LogP contribution in [0.15, 0.2) is 12.1 Å². The van der Waals surface area contributed by atoms with Crippen LogP contribution in [-0.4, -0.2) is 60.1 Å². The number of piperidine rings is 1. The van der Waals surface area contributed by atoms with Crippen LogP contribution in [0.25, 0.3) is 0 Å². The number of carbonyl (C=O) groups excluding carboxylic acids is 1. The Morgan fingerprint density at radius 2 is 1.88 bits per heavy atom. The van der Waals surface area contributed by atoms with Crippen LogP contribution in [0.2, 0.25) is 0 Å². The Bertz CT molecular complexity index is 821. The maximum atomic E-state index is 13.0. The van der Waals surface area contributed by atoms with E-state index in [9.17, 15) is 18.3 Å². The van der Waals surface area contributed by atoms with Crippen molar-refractivity contribution in [1.29, 1.82) is 0 Å². The van der Waals surface area contributed by atoms with E-state index >= 15 is 0 Å². The van der Waals surface area contributed by atoms with Crippen molar-refractivity contribution in [3.63, 3.8) is 0 Å². The summed E-state index contributed by atoms with van der Waals surface area (Å²) >= 11 is 0. The lowest BCUT2D eigenvalue weighted by Gasteiger charge is -2.37. The first-order valence-electron chi connectivity index (χ1n) is 9.60. The van der Waals surface area contributed by atoms with Gasteiger partial charge in [-0.05, 0) is 62.1 Å². The van der Waals surface area contributed by atoms with Crippen LogP contribution in [0.3, 0.4) is 0 Å². The van der Waals surface area contributed by atoms with Crippen molar-refractivity contribution in [3.05, 3.63) is 28.8 Å². The number of hydrogen-bond donors (Lipinski definition) is 1. The Hall–Kier alpha value is -1.60. The summed E-state index contributed by atoms with van der Waals surface area (Å²) in [5.41, 5.74) is 2.42. The van der Waals surface area contributed by atoms with Gasteiger partial charge >= 0.3 is 0 Å². The second-order valence-corrected chi connectivity index (χ2v) is 9.68. The molecule has 6 nitrogen and oxygen atoms in total. The first kappa shape index (κ1) is 17.8. The van der Waals surface area contributed by atoms with Gasteiger partial charge in [-0.1, -0.05) is 6.07 Å². The number of aryl methyl sites for hydroxylation is 1. The minimum Gasteiger partial charge on any atom is -0.507 e. The molecule has 7 heteroatoms. The summed E-state index contributed by atoms with van der Waals surface area (Å²) in [6.45, 7) is 1.58. The Labute approximate surface area is 154 Å². The van der Waals surface area contributed by atoms with Crippen molar-refractivity contribution in [2.75, 3.05) is 25.4 Å². The van der Waals surface area contributed by atoms with Gasteiger partial charge in [0.05, 0.1) is 11.3 Å². The van der Waals surface area contributed by atoms with Crippen LogP contribution >= 0.6 is 0 Å². The molecule has 2 aliphatic heterocycles. The van der Waals surface area contributed by atoms with Gasteiger partial charge < -0.3 is 10.0 Å². The third kappa shape index (κ3) is 3.11. The standard InChI is InChI=1S/C19H26N2O4S/c22-18-16-7-2-1-5-14(16)8-9-17(18)19(23)20-10-3-6-15(13-20)21-11-4-12-26(21,24)25/h8-9,15,22H,1-7,10-13H2. The average Bonchev–Trinajstić information content (AvgIpc) is 3.01. The van der Waals surface area contributed by atoms with Crippen LogP contribution in [-0.2, 0) is 22.9 Å². The highest BCUT2D eigenvalue weighted by atomic mass is 32.2. The zero-order valence-corrected chi connectivity index (χ0v) is 15.8. The fourth-order valence-electron chi connectivity index (χ4n) is 4.59. The fourth-order valence-corrected chi connectivity index (χ4v) is 6.36. The van der Waals surface area contributed by atoms with Gasteiger partial charge in [-0.2, -0.15) is 4.31 Å². The summed E-state index contributed by atoms with van der Waals surface area (Å²) in [6.07, 6.45) is 6.17. The molecule has 1 amide bonds. The molecule has 0 spiro atoms. The van der Waals surface area contributed by atoms with Gasteiger partial charge in [0.1, 0.15) is 5.75 Å². The summed E-state index contributed by atoms with van der Waals surface area (Å²) in [4.78, 5) is 14.7. The number of nitrogens with zero attached hydrogens (tertiary/aromatic N) is 2. The van der Waals surface area contributed by atoms with Crippen LogP contribution in [0.1, 0.15) is 53.6 Å². The van der Waals surface area contributed by atoms with Crippen LogP contribution in [0.4, 0.5) is 0 Å². The topological polar surface area (TPSA) is 77.9 Å². The molecule has 1 aromatic carbocycles. The molecular weight excluding hydrogens is 352 g/mol. The SMILES string of the molecule is O=C(c1ccc2c(c1O)CCCC2)N1CCCC(N2CCCS2(=O)=O)C1. The summed E-state index contributed by atoms with van der Waals surface area (Å²) in [5, 5.41) is 10.6. The van der Waals surface area contributed by atoms with E-state index < -0.39 is 10.0 Å². The maximum absolute atomic E-state index is 13.0. The second kappa shape index (κ2) is 6.85. The lowest BCUT2D eigenvalue weighted by molar-refractivity contribution is 0.0655. The summed E-state index contributed by atoms with van der Waals surface area (Å²) < 4.78 is 26.0. The molecular formula is C19H26N2O4S. The van der Waals surface area contributed by atoms with E-state index in [1.165, 1.54) is 0 Å². The number of aromatic hydroxyl groups is 1. The molecule has 0 radical (unpaired) electrons. The molecule has 0 saturated carbocycles. The number of carbonyl (C=O) groups is 1. The maximum Gasteiger partial charge on any atom is 0.257 e. The Kier molecular flexibility index (Phi) is 4.69. The van der Waals surface area contributed by atoms with Gasteiger partial charge in [0.2, 0.25) is 10.0 Å². The number of benzene rings is 1. The minimum absolute atomic E-state index is 0.128. The van der Waals surface area contributed by atoms with E-state index in [4.69, 9.17) is 0 Å². The largest absolute Gasteiger partial charge is 0.507 e. The van der Waals surface area contributed by atoms with E-state index in [0.29, 0.717) is 31.6 Å². The van der Waals surface area contributed by atoms with Crippen molar-refractivity contribution < 1.29 is 18.3 Å². The van der Waals surface area contributed by atoms with E-state index in [2.05, 4.69) is 0 Å². The first-order valence-corrected chi connectivity index (χ1v) is 11.2. The summed E-state index contributed by atoms with van der Waals surface area (Å²) in [5.74, 6) is 0.156. The lowest BCUT2D eigenvalue weighted by Crippen LogP contribution is -2.50. The van der Waals surface area contributed by atoms with Crippen LogP contribution in [0, 0.1) is 0 Å². The van der Waals surface area contributed by atoms with Crippen molar-refractivity contribution in [2.24, 2.45) is 0 Å². The van der Waals surface area contributed by atoms with Gasteiger partial charge in [-0.15, -0.1) is 0 Å². The second-order valence-electron chi connectivity index (χ2n) is 7.63. The molecule has 1 aromatic rings. The van der Waals surface area contributed by atoms with E-state index in [0.717, 1.165) is 49.7 Å². The first-order chi connectivity index (χ1) is 12.5. The smallest absolute Gasteiger partial charge is 0.257 e. The van der Waals surface area contributed by atoms with E-state index in [1.54, 1.807) is 15.3 Å². The lowest BCUT2D eigenvalue weighted by atomic mass is 9.89. The Morgan fingerprint density at radius 1 is 1.08 bits per heavy atom. The quantitative estimate of drug-likeness (QED) is 0.853. The molecule has 26 heavy (non-hydrogen) atoms. The minimum atomic E-state index is -3.17. The van der Waals surface area contributed by atoms with Crippen molar-refractivity contribution in [1.82, 2.24) is 9.21 Å². The highest BCUT2D eigenvalue weighted by Crippen LogP contribution is 2.33. The molecule has 0 bridgehead atoms. The average molecular weight is 378 g/mol. The number of phenols is 1. The molecule has 1 aliphatic carbocycles. The van der Waals surface area contributed by atoms with E-state index in [1.807, 2.05) is 6.07 Å². The molecule has 2 heterocycles. The molecule has 142 valence electrons. The van der Waals surface area contributed by atoms with Crippen LogP contribution in [0.5, 0.6) is 5.75 Å². The van der Waals surface area contributed by atoms with Gasteiger partial charge in [0.15, 0.2) is 0 Å². The molecule has 2 saturated heterocycles. The molecule has 1 unspecified atom stereocenters. The molecule has 0 aromatic heterocycles. The molecule has 4 rings (SSSR count). The molecule has 3 aliphatic rings. The van der Waals surface area contributed by atoms with Gasteiger partial charge in [-0.3, -0.25) is 4.79 Å². The number of amides is 1. The van der Waals surface area contributed by atoms with E-state index in [-0.39, 0.29) is 23.5 Å². The normalized spacial score (nSPS) is 25.8. The summed E-state index contributed by atoms with van der Waals surface area (Å²) in [7, 11) is -3.17. The van der Waals surface area contributed by atoms with Crippen LogP contribution < -0.4 is 0 Å². The number of rotatable bonds is 2. The highest BCUT2D eigenvalue weighted by molar-refractivity contribution is 7.89. The van der Waals surface area contributed by atoms with Crippen molar-refractivity contribution >= 4 is 15.9 Å².